The summed E-state index contributed by atoms with van der Waals surface area (Å²) in [5, 5.41) is 0. The number of hydrogen-bond donors (Lipinski definition) is 0. The maximum atomic E-state index is 13.2. The third kappa shape index (κ3) is 4.86. The van der Waals surface area contributed by atoms with E-state index in [-0.39, 0.29) is 12.0 Å². The summed E-state index contributed by atoms with van der Waals surface area (Å²) in [6.07, 6.45) is 6.45. The van der Waals surface area contributed by atoms with Gasteiger partial charge in [-0.25, -0.2) is 9.97 Å². The summed E-state index contributed by atoms with van der Waals surface area (Å²) < 4.78 is 17.1. The minimum absolute atomic E-state index is 0.0975. The number of carbonyl (C=O) groups is 1. The molecule has 0 aliphatic carbocycles. The molecule has 1 fully saturated rings. The third-order valence-corrected chi connectivity index (χ3v) is 5.31. The number of benzene rings is 1. The predicted octanol–water partition coefficient (Wildman–Crippen LogP) is 3.30. The minimum Gasteiger partial charge on any atom is -0.497 e. The van der Waals surface area contributed by atoms with Crippen LogP contribution in [0.4, 0.5) is 0 Å². The molecule has 1 aromatic carbocycles. The average molecular weight is 434 g/mol. The molecule has 0 saturated carbocycles. The lowest BCUT2D eigenvalue weighted by atomic mass is 10.1. The van der Waals surface area contributed by atoms with Gasteiger partial charge in [-0.3, -0.25) is 9.78 Å². The fourth-order valence-corrected chi connectivity index (χ4v) is 3.59. The maximum Gasteiger partial charge on any atom is 0.266 e. The summed E-state index contributed by atoms with van der Waals surface area (Å²) in [7, 11) is 1.61. The van der Waals surface area contributed by atoms with Gasteiger partial charge in [-0.2, -0.15) is 0 Å². The van der Waals surface area contributed by atoms with Crippen LogP contribution in [-0.4, -0.2) is 58.2 Å². The minimum atomic E-state index is -1.03. The van der Waals surface area contributed by atoms with Crippen LogP contribution in [0.2, 0.25) is 0 Å². The molecule has 3 heterocycles. The molecule has 8 heteroatoms. The molecule has 1 aliphatic rings. The fraction of sp³-hybridized carbons (Fsp3) is 0.333. The summed E-state index contributed by atoms with van der Waals surface area (Å²) in [5.74, 6) is 1.24. The quantitative estimate of drug-likeness (QED) is 0.588. The normalized spacial score (nSPS) is 16.5. The zero-order chi connectivity index (χ0) is 22.6. The van der Waals surface area contributed by atoms with E-state index in [2.05, 4.69) is 15.0 Å². The Bertz CT molecular complexity index is 1040. The number of carbonyl (C=O) groups excluding carboxylic acids is 1. The molecule has 166 valence electrons. The molecule has 3 aromatic rings. The zero-order valence-electron chi connectivity index (χ0n) is 18.4. The van der Waals surface area contributed by atoms with Crippen LogP contribution in [0.5, 0.6) is 11.5 Å². The lowest BCUT2D eigenvalue weighted by molar-refractivity contribution is -0.153. The number of morpholine rings is 1. The molecule has 0 bridgehead atoms. The van der Waals surface area contributed by atoms with E-state index in [1.807, 2.05) is 12.1 Å². The molecule has 1 unspecified atom stereocenters. The van der Waals surface area contributed by atoms with Crippen LogP contribution in [0.25, 0.3) is 11.1 Å². The lowest BCUT2D eigenvalue weighted by Gasteiger charge is -2.37. The third-order valence-electron chi connectivity index (χ3n) is 5.31. The van der Waals surface area contributed by atoms with E-state index < -0.39 is 5.60 Å². The Kier molecular flexibility index (Phi) is 6.32. The fourth-order valence-electron chi connectivity index (χ4n) is 3.59. The van der Waals surface area contributed by atoms with Crippen molar-refractivity contribution in [1.82, 2.24) is 19.9 Å². The molecule has 2 aromatic heterocycles. The lowest BCUT2D eigenvalue weighted by Crippen LogP contribution is -2.53. The second-order valence-corrected chi connectivity index (χ2v) is 8.00. The molecule has 1 aliphatic heterocycles. The number of pyridine rings is 1. The zero-order valence-corrected chi connectivity index (χ0v) is 18.4. The predicted molar refractivity (Wildman–Crippen MR) is 118 cm³/mol. The molecule has 1 saturated heterocycles. The first kappa shape index (κ1) is 21.7. The van der Waals surface area contributed by atoms with E-state index in [4.69, 9.17) is 14.2 Å². The standard InChI is InChI=1S/C24H26N4O4/c1-24(2,32-20-7-5-19(30-3)6-8-20)23(29)28-10-11-31-22(15-28)21-9-4-17(14-27-21)18-12-25-16-26-13-18/h4-9,12-14,16,22H,10-11,15H2,1-3H3. The van der Waals surface area contributed by atoms with Gasteiger partial charge >= 0.3 is 0 Å². The van der Waals surface area contributed by atoms with Crippen LogP contribution in [-0.2, 0) is 9.53 Å². The van der Waals surface area contributed by atoms with E-state index in [0.29, 0.717) is 25.4 Å². The molecule has 1 atom stereocenters. The molecule has 0 radical (unpaired) electrons. The highest BCUT2D eigenvalue weighted by Crippen LogP contribution is 2.27. The number of aromatic nitrogens is 3. The first-order valence-corrected chi connectivity index (χ1v) is 10.4. The summed E-state index contributed by atoms with van der Waals surface area (Å²) in [4.78, 5) is 27.7. The number of ether oxygens (including phenoxy) is 3. The van der Waals surface area contributed by atoms with E-state index in [0.717, 1.165) is 22.6 Å². The van der Waals surface area contributed by atoms with Gasteiger partial charge in [0.2, 0.25) is 0 Å². The van der Waals surface area contributed by atoms with Crippen molar-refractivity contribution < 1.29 is 19.0 Å². The summed E-state index contributed by atoms with van der Waals surface area (Å²) >= 11 is 0. The average Bonchev–Trinajstić information content (AvgIpc) is 2.84. The Hall–Kier alpha value is -3.52. The van der Waals surface area contributed by atoms with Gasteiger partial charge in [0.15, 0.2) is 5.60 Å². The van der Waals surface area contributed by atoms with Gasteiger partial charge in [0.05, 0.1) is 26.0 Å². The molecular formula is C24H26N4O4. The Morgan fingerprint density at radius 3 is 2.41 bits per heavy atom. The van der Waals surface area contributed by atoms with Crippen LogP contribution in [0.3, 0.4) is 0 Å². The van der Waals surface area contributed by atoms with Crippen molar-refractivity contribution in [3.8, 4) is 22.6 Å². The van der Waals surface area contributed by atoms with Gasteiger partial charge in [-0.05, 0) is 44.2 Å². The van der Waals surface area contributed by atoms with Crippen LogP contribution < -0.4 is 9.47 Å². The van der Waals surface area contributed by atoms with Crippen molar-refractivity contribution in [3.05, 3.63) is 67.0 Å². The van der Waals surface area contributed by atoms with Crippen molar-refractivity contribution in [1.29, 1.82) is 0 Å². The Labute approximate surface area is 187 Å². The van der Waals surface area contributed by atoms with Crippen LogP contribution in [0.1, 0.15) is 25.6 Å². The molecule has 8 nitrogen and oxygen atoms in total. The first-order valence-electron chi connectivity index (χ1n) is 10.4. The Morgan fingerprint density at radius 2 is 1.75 bits per heavy atom. The number of nitrogens with zero attached hydrogens (tertiary/aromatic N) is 4. The van der Waals surface area contributed by atoms with Crippen LogP contribution >= 0.6 is 0 Å². The largest absolute Gasteiger partial charge is 0.497 e. The van der Waals surface area contributed by atoms with Gasteiger partial charge in [0, 0.05) is 36.3 Å². The summed E-state index contributed by atoms with van der Waals surface area (Å²) in [5.41, 5.74) is 1.57. The molecule has 32 heavy (non-hydrogen) atoms. The molecular weight excluding hydrogens is 408 g/mol. The van der Waals surface area contributed by atoms with Crippen molar-refractivity contribution in [2.75, 3.05) is 26.8 Å². The Morgan fingerprint density at radius 1 is 1.03 bits per heavy atom. The number of hydrogen-bond acceptors (Lipinski definition) is 7. The monoisotopic (exact) mass is 434 g/mol. The second-order valence-electron chi connectivity index (χ2n) is 8.00. The second kappa shape index (κ2) is 9.32. The van der Waals surface area contributed by atoms with Gasteiger partial charge in [-0.15, -0.1) is 0 Å². The van der Waals surface area contributed by atoms with Crippen molar-refractivity contribution in [2.24, 2.45) is 0 Å². The maximum absolute atomic E-state index is 13.2. The number of rotatable bonds is 6. The van der Waals surface area contributed by atoms with Crippen LogP contribution in [0.15, 0.2) is 61.3 Å². The van der Waals surface area contributed by atoms with Crippen LogP contribution in [0, 0.1) is 0 Å². The van der Waals surface area contributed by atoms with Gasteiger partial charge in [0.25, 0.3) is 5.91 Å². The van der Waals surface area contributed by atoms with Gasteiger partial charge in [-0.1, -0.05) is 6.07 Å². The highest BCUT2D eigenvalue weighted by atomic mass is 16.5. The van der Waals surface area contributed by atoms with Gasteiger partial charge in [0.1, 0.15) is 23.9 Å². The number of methoxy groups -OCH3 is 1. The molecule has 1 amide bonds. The molecule has 0 N–H and O–H groups in total. The SMILES string of the molecule is COc1ccc(OC(C)(C)C(=O)N2CCOC(c3ccc(-c4cncnc4)cn3)C2)cc1. The van der Waals surface area contributed by atoms with E-state index in [9.17, 15) is 4.79 Å². The smallest absolute Gasteiger partial charge is 0.266 e. The highest BCUT2D eigenvalue weighted by Gasteiger charge is 2.37. The van der Waals surface area contributed by atoms with E-state index in [1.54, 1.807) is 68.7 Å². The van der Waals surface area contributed by atoms with Crippen molar-refractivity contribution in [2.45, 2.75) is 25.6 Å². The molecule has 0 spiro atoms. The molecule has 4 rings (SSSR count). The Balaban J connectivity index is 1.42. The first-order chi connectivity index (χ1) is 15.5. The van der Waals surface area contributed by atoms with E-state index in [1.165, 1.54) is 6.33 Å². The summed E-state index contributed by atoms with van der Waals surface area (Å²) in [6, 6.07) is 11.1. The van der Waals surface area contributed by atoms with Gasteiger partial charge < -0.3 is 19.1 Å². The summed E-state index contributed by atoms with van der Waals surface area (Å²) in [6.45, 7) is 4.90. The van der Waals surface area contributed by atoms with E-state index >= 15 is 0 Å². The highest BCUT2D eigenvalue weighted by molar-refractivity contribution is 5.85. The van der Waals surface area contributed by atoms with Crippen molar-refractivity contribution >= 4 is 5.91 Å². The van der Waals surface area contributed by atoms with Crippen molar-refractivity contribution in [3.63, 3.8) is 0 Å². The number of amides is 1. The topological polar surface area (TPSA) is 86.7 Å².